The van der Waals surface area contributed by atoms with Gasteiger partial charge in [0, 0.05) is 44.7 Å². The molecule has 0 aromatic heterocycles. The highest BCUT2D eigenvalue weighted by Crippen LogP contribution is 2.43. The van der Waals surface area contributed by atoms with Crippen LogP contribution in [0.1, 0.15) is 48.9 Å². The monoisotopic (exact) mass is 538 g/mol. The fourth-order valence-electron chi connectivity index (χ4n) is 4.86. The van der Waals surface area contributed by atoms with Gasteiger partial charge in [0.15, 0.2) is 0 Å². The number of amides is 2. The number of rotatable bonds is 7. The first-order valence-electron chi connectivity index (χ1n) is 12.3. The molecule has 0 saturated carbocycles. The van der Waals surface area contributed by atoms with Crippen LogP contribution in [0, 0.1) is 20.8 Å². The van der Waals surface area contributed by atoms with E-state index in [9.17, 15) is 18.0 Å². The summed E-state index contributed by atoms with van der Waals surface area (Å²) in [6, 6.07) is -0.754. The number of carbonyl (C=O) groups excluding carboxylic acids is 1. The molecular weight excluding hydrogens is 500 g/mol. The second-order valence-electron chi connectivity index (χ2n) is 10.3. The van der Waals surface area contributed by atoms with Gasteiger partial charge in [-0.2, -0.15) is 0 Å². The number of aliphatic imine (C=N–C) groups is 1. The highest BCUT2D eigenvalue weighted by molar-refractivity contribution is 7.90. The minimum Gasteiger partial charge on any atom is -0.487 e. The number of carbonyl (C=O) groups is 2. The number of hydrogen-bond donors (Lipinski definition) is 4. The average molecular weight is 539 g/mol. The van der Waals surface area contributed by atoms with Gasteiger partial charge in [0.2, 0.25) is 11.9 Å². The lowest BCUT2D eigenvalue weighted by Crippen LogP contribution is -2.54. The van der Waals surface area contributed by atoms with Gasteiger partial charge in [-0.05, 0) is 64.2 Å². The number of nitrogens with two attached hydrogens (primary N) is 2. The number of nitrogens with zero attached hydrogens (tertiary/aromatic N) is 3. The average Bonchev–Trinajstić information content (AvgIpc) is 3.15. The van der Waals surface area contributed by atoms with Crippen molar-refractivity contribution in [2.24, 2.45) is 16.5 Å². The predicted octanol–water partition coefficient (Wildman–Crippen LogP) is 0.848. The van der Waals surface area contributed by atoms with Crippen molar-refractivity contribution in [1.82, 2.24) is 14.5 Å². The first-order chi connectivity index (χ1) is 17.1. The fourth-order valence-corrected chi connectivity index (χ4v) is 6.38. The van der Waals surface area contributed by atoms with Crippen molar-refractivity contribution in [1.29, 1.82) is 0 Å². The van der Waals surface area contributed by atoms with Gasteiger partial charge in [-0.1, -0.05) is 0 Å². The number of piperazine rings is 1. The number of benzene rings is 1. The number of ether oxygens (including phenoxy) is 1. The van der Waals surface area contributed by atoms with Crippen LogP contribution in [-0.4, -0.2) is 85.7 Å². The molecule has 0 bridgehead atoms. The lowest BCUT2D eigenvalue weighted by atomic mass is 9.94. The molecule has 2 aliphatic heterocycles. The number of guanidine groups is 1. The lowest BCUT2D eigenvalue weighted by Gasteiger charge is -2.34. The molecule has 13 heteroatoms. The molecular formula is C24H38N6O6S. The van der Waals surface area contributed by atoms with Crippen LogP contribution >= 0.6 is 0 Å². The Morgan fingerprint density at radius 2 is 1.70 bits per heavy atom. The van der Waals surface area contributed by atoms with Crippen molar-refractivity contribution in [2.45, 2.75) is 70.4 Å². The minimum absolute atomic E-state index is 0.179. The molecule has 0 spiro atoms. The van der Waals surface area contributed by atoms with E-state index in [4.69, 9.17) is 21.3 Å². The SMILES string of the molecule is Cc1c(C)c(S(=O)(=O)NC(N)=NCCC[C@H](N)C(=O)N2CCN(C(=O)O)CC2)c(C)c2c1OC(C)(C)C2. The van der Waals surface area contributed by atoms with E-state index in [0.29, 0.717) is 43.5 Å². The molecule has 2 heterocycles. The number of nitrogens with one attached hydrogen (secondary N) is 1. The second kappa shape index (κ2) is 10.7. The van der Waals surface area contributed by atoms with E-state index >= 15 is 0 Å². The van der Waals surface area contributed by atoms with Crippen molar-refractivity contribution >= 4 is 28.0 Å². The summed E-state index contributed by atoms with van der Waals surface area (Å²) in [5.74, 6) is 0.265. The molecule has 206 valence electrons. The molecule has 1 fully saturated rings. The summed E-state index contributed by atoms with van der Waals surface area (Å²) in [7, 11) is -3.99. The molecule has 1 aromatic carbocycles. The van der Waals surface area contributed by atoms with E-state index in [2.05, 4.69) is 9.71 Å². The molecule has 6 N–H and O–H groups in total. The Morgan fingerprint density at radius 3 is 2.30 bits per heavy atom. The summed E-state index contributed by atoms with van der Waals surface area (Å²) >= 11 is 0. The van der Waals surface area contributed by atoms with Gasteiger partial charge in [0.1, 0.15) is 11.4 Å². The third-order valence-corrected chi connectivity index (χ3v) is 8.56. The smallest absolute Gasteiger partial charge is 0.407 e. The van der Waals surface area contributed by atoms with Crippen LogP contribution in [0.25, 0.3) is 0 Å². The quantitative estimate of drug-likeness (QED) is 0.224. The van der Waals surface area contributed by atoms with Crippen LogP contribution in [0.4, 0.5) is 4.79 Å². The third-order valence-electron chi connectivity index (χ3n) is 6.93. The van der Waals surface area contributed by atoms with E-state index < -0.39 is 27.8 Å². The Labute approximate surface area is 218 Å². The maximum Gasteiger partial charge on any atom is 0.407 e. The van der Waals surface area contributed by atoms with Crippen LogP contribution in [0.3, 0.4) is 0 Å². The van der Waals surface area contributed by atoms with E-state index in [0.717, 1.165) is 16.9 Å². The van der Waals surface area contributed by atoms with Gasteiger partial charge in [0.05, 0.1) is 10.9 Å². The Kier molecular flexibility index (Phi) is 8.27. The van der Waals surface area contributed by atoms with Gasteiger partial charge in [-0.25, -0.2) is 17.9 Å². The van der Waals surface area contributed by atoms with E-state index in [-0.39, 0.29) is 36.4 Å². The summed E-state index contributed by atoms with van der Waals surface area (Å²) in [4.78, 5) is 30.7. The van der Waals surface area contributed by atoms with Crippen LogP contribution < -0.4 is 20.9 Å². The first-order valence-corrected chi connectivity index (χ1v) is 13.8. The molecule has 12 nitrogen and oxygen atoms in total. The highest BCUT2D eigenvalue weighted by Gasteiger charge is 2.36. The maximum atomic E-state index is 13.2. The molecule has 1 aromatic rings. The summed E-state index contributed by atoms with van der Waals surface area (Å²) in [6.45, 7) is 10.6. The molecule has 37 heavy (non-hydrogen) atoms. The zero-order chi connectivity index (χ0) is 27.7. The Bertz CT molecular complexity index is 1200. The molecule has 2 aliphatic rings. The van der Waals surface area contributed by atoms with Gasteiger partial charge < -0.3 is 31.1 Å². The number of sulfonamides is 1. The van der Waals surface area contributed by atoms with Crippen molar-refractivity contribution in [3.05, 3.63) is 22.3 Å². The van der Waals surface area contributed by atoms with Gasteiger partial charge in [0.25, 0.3) is 10.0 Å². The van der Waals surface area contributed by atoms with Crippen LogP contribution in [-0.2, 0) is 21.2 Å². The van der Waals surface area contributed by atoms with E-state index in [1.165, 1.54) is 4.90 Å². The van der Waals surface area contributed by atoms with Crippen LogP contribution in [0.2, 0.25) is 0 Å². The van der Waals surface area contributed by atoms with E-state index in [1.807, 2.05) is 20.8 Å². The third kappa shape index (κ3) is 6.27. The molecule has 1 saturated heterocycles. The highest BCUT2D eigenvalue weighted by atomic mass is 32.2. The van der Waals surface area contributed by atoms with Gasteiger partial charge in [-0.3, -0.25) is 9.79 Å². The minimum atomic E-state index is -3.99. The summed E-state index contributed by atoms with van der Waals surface area (Å²) in [5.41, 5.74) is 14.4. The van der Waals surface area contributed by atoms with Crippen molar-refractivity contribution in [2.75, 3.05) is 32.7 Å². The largest absolute Gasteiger partial charge is 0.487 e. The predicted molar refractivity (Wildman–Crippen MR) is 139 cm³/mol. The van der Waals surface area contributed by atoms with Gasteiger partial charge in [-0.15, -0.1) is 0 Å². The molecule has 2 amide bonds. The second-order valence-corrected chi connectivity index (χ2v) is 11.9. The maximum absolute atomic E-state index is 13.2. The van der Waals surface area contributed by atoms with Gasteiger partial charge >= 0.3 is 6.09 Å². The van der Waals surface area contributed by atoms with Crippen LogP contribution in [0.5, 0.6) is 5.75 Å². The van der Waals surface area contributed by atoms with Crippen molar-refractivity contribution in [3.8, 4) is 5.75 Å². The summed E-state index contributed by atoms with van der Waals surface area (Å²) in [6.07, 6.45) is 0.360. The first kappa shape index (κ1) is 28.5. The molecule has 1 atom stereocenters. The standard InChI is InChI=1S/C24H38N6O6S/c1-14-15(2)20(16(3)17-13-24(4,5)36-19(14)17)37(34,35)28-22(26)27-8-6-7-18(25)21(31)29-9-11-30(12-10-29)23(32)33/h18H,6-13,25H2,1-5H3,(H,32,33)(H3,26,27,28)/t18-/m0/s1. The zero-order valence-electron chi connectivity index (χ0n) is 22.1. The summed E-state index contributed by atoms with van der Waals surface area (Å²) < 4.78 is 34.9. The summed E-state index contributed by atoms with van der Waals surface area (Å²) in [5, 5.41) is 9.02. The molecule has 3 rings (SSSR count). The van der Waals surface area contributed by atoms with Crippen molar-refractivity contribution in [3.63, 3.8) is 0 Å². The molecule has 0 unspecified atom stereocenters. The topological polar surface area (TPSA) is 181 Å². The normalized spacial score (nSPS) is 18.3. The number of fused-ring (bicyclic) bond motifs is 1. The number of carboxylic acid groups (broad SMARTS) is 1. The Morgan fingerprint density at radius 1 is 1.11 bits per heavy atom. The molecule has 0 radical (unpaired) electrons. The molecule has 0 aliphatic carbocycles. The van der Waals surface area contributed by atoms with E-state index in [1.54, 1.807) is 18.7 Å². The Balaban J connectivity index is 1.57. The lowest BCUT2D eigenvalue weighted by molar-refractivity contribution is -0.134. The van der Waals surface area contributed by atoms with Crippen LogP contribution in [0.15, 0.2) is 9.89 Å². The Hall–Kier alpha value is -3.06. The van der Waals surface area contributed by atoms with Crippen molar-refractivity contribution < 1.29 is 27.9 Å². The zero-order valence-corrected chi connectivity index (χ0v) is 22.9. The number of hydrogen-bond acceptors (Lipinski definition) is 7. The fraction of sp³-hybridized carbons (Fsp3) is 0.625.